The number of nitrogens with two attached hydrogens (primary N) is 2. The first-order valence-corrected chi connectivity index (χ1v) is 2.28. The summed E-state index contributed by atoms with van der Waals surface area (Å²) in [6, 6.07) is -0.718. The van der Waals surface area contributed by atoms with Gasteiger partial charge in [-0.05, 0) is 0 Å². The highest BCUT2D eigenvalue weighted by Crippen LogP contribution is 2.13. The van der Waals surface area contributed by atoms with Crippen LogP contribution in [0.5, 0.6) is 0 Å². The summed E-state index contributed by atoms with van der Waals surface area (Å²) in [7, 11) is 0. The van der Waals surface area contributed by atoms with E-state index in [1.165, 1.54) is 0 Å². The van der Waals surface area contributed by atoms with E-state index in [2.05, 4.69) is 11.6 Å². The molecule has 0 aliphatic rings. The largest absolute Gasteiger partial charge is 0.490 e. The maximum atomic E-state index is 10.6. The lowest BCUT2D eigenvalue weighted by atomic mass is 10.7. The van der Waals surface area contributed by atoms with E-state index in [9.17, 15) is 18.0 Å². The lowest BCUT2D eigenvalue weighted by molar-refractivity contribution is -0.192. The number of amides is 2. The number of hydrogen-bond donors (Lipinski definition) is 4. The van der Waals surface area contributed by atoms with E-state index in [-0.39, 0.29) is 0 Å². The highest BCUT2D eigenvalue weighted by molar-refractivity contribution is 5.73. The SMILES string of the molecule is NNC(N)=O.O=C(O)C(F)(F)F. The predicted molar refractivity (Wildman–Crippen MR) is 30.6 cm³/mol. The number of primary amides is 1. The van der Waals surface area contributed by atoms with Crippen molar-refractivity contribution >= 4 is 12.0 Å². The molecule has 2 amide bonds. The van der Waals surface area contributed by atoms with Gasteiger partial charge < -0.3 is 10.8 Å². The van der Waals surface area contributed by atoms with Gasteiger partial charge >= 0.3 is 18.2 Å². The predicted octanol–water partition coefficient (Wildman–Crippen LogP) is -0.838. The smallest absolute Gasteiger partial charge is 0.475 e. The Kier molecular flexibility index (Phi) is 5.66. The van der Waals surface area contributed by atoms with Crippen molar-refractivity contribution in [1.82, 2.24) is 5.43 Å². The Morgan fingerprint density at radius 2 is 1.50 bits per heavy atom. The van der Waals surface area contributed by atoms with Crippen molar-refractivity contribution in [2.45, 2.75) is 6.18 Å². The van der Waals surface area contributed by atoms with E-state index in [1.54, 1.807) is 5.43 Å². The Balaban J connectivity index is 0. The van der Waals surface area contributed by atoms with E-state index in [0.29, 0.717) is 0 Å². The molecule has 0 heterocycles. The van der Waals surface area contributed by atoms with Gasteiger partial charge in [-0.1, -0.05) is 0 Å². The number of rotatable bonds is 0. The zero-order valence-corrected chi connectivity index (χ0v) is 5.55. The number of halogens is 3. The molecule has 72 valence electrons. The summed E-state index contributed by atoms with van der Waals surface area (Å²) in [6.07, 6.45) is -5.08. The first kappa shape index (κ1) is 13.1. The van der Waals surface area contributed by atoms with Crippen LogP contribution in [0, 0.1) is 0 Å². The van der Waals surface area contributed by atoms with Gasteiger partial charge in [0.25, 0.3) is 0 Å². The van der Waals surface area contributed by atoms with Gasteiger partial charge in [-0.2, -0.15) is 13.2 Å². The number of carboxylic acids is 1. The minimum atomic E-state index is -5.08. The molecule has 0 aromatic heterocycles. The molecule has 0 aromatic carbocycles. The highest BCUT2D eigenvalue weighted by atomic mass is 19.4. The number of hydrogen-bond acceptors (Lipinski definition) is 3. The molecule has 0 unspecified atom stereocenters. The van der Waals surface area contributed by atoms with E-state index in [0.717, 1.165) is 0 Å². The molecule has 12 heavy (non-hydrogen) atoms. The van der Waals surface area contributed by atoms with Gasteiger partial charge in [0.1, 0.15) is 0 Å². The third kappa shape index (κ3) is 11.3. The first-order valence-electron chi connectivity index (χ1n) is 2.28. The van der Waals surface area contributed by atoms with Crippen molar-refractivity contribution in [2.24, 2.45) is 11.6 Å². The van der Waals surface area contributed by atoms with Gasteiger partial charge in [0.05, 0.1) is 0 Å². The van der Waals surface area contributed by atoms with E-state index in [1.807, 2.05) is 0 Å². The Bertz CT molecular complexity index is 168. The molecule has 0 atom stereocenters. The van der Waals surface area contributed by atoms with Crippen LogP contribution in [0.3, 0.4) is 0 Å². The topological polar surface area (TPSA) is 118 Å². The molecule has 0 saturated carbocycles. The average molecular weight is 189 g/mol. The Morgan fingerprint density at radius 1 is 1.33 bits per heavy atom. The fraction of sp³-hybridized carbons (Fsp3) is 0.333. The van der Waals surface area contributed by atoms with Crippen LogP contribution in [0.4, 0.5) is 18.0 Å². The molecule has 6 nitrogen and oxygen atoms in total. The van der Waals surface area contributed by atoms with Crippen molar-refractivity contribution < 1.29 is 27.9 Å². The average Bonchev–Trinajstić information content (AvgIpc) is 1.87. The zero-order chi connectivity index (χ0) is 10.4. The quantitative estimate of drug-likeness (QED) is 0.225. The molecule has 0 spiro atoms. The molecule has 0 aliphatic carbocycles. The lowest BCUT2D eigenvalue weighted by Gasteiger charge is -1.93. The molecule has 0 radical (unpaired) electrons. The summed E-state index contributed by atoms with van der Waals surface area (Å²) in [5, 5.41) is 7.12. The normalized spacial score (nSPS) is 9.33. The van der Waals surface area contributed by atoms with Crippen molar-refractivity contribution in [3.8, 4) is 0 Å². The number of nitrogens with one attached hydrogen (secondary N) is 1. The van der Waals surface area contributed by atoms with Crippen LogP contribution < -0.4 is 17.0 Å². The van der Waals surface area contributed by atoms with Crippen molar-refractivity contribution in [3.63, 3.8) is 0 Å². The number of hydrazine groups is 1. The van der Waals surface area contributed by atoms with Crippen LogP contribution in [0.15, 0.2) is 0 Å². The van der Waals surface area contributed by atoms with Gasteiger partial charge in [-0.3, -0.25) is 5.43 Å². The molecule has 0 bridgehead atoms. The molecular weight excluding hydrogens is 183 g/mol. The number of alkyl halides is 3. The molecule has 0 saturated heterocycles. The molecule has 0 fully saturated rings. The second-order valence-electron chi connectivity index (χ2n) is 1.31. The molecular formula is C3H6F3N3O3. The maximum Gasteiger partial charge on any atom is 0.490 e. The summed E-state index contributed by atoms with van der Waals surface area (Å²) in [5.74, 6) is 1.69. The highest BCUT2D eigenvalue weighted by Gasteiger charge is 2.38. The number of carbonyl (C=O) groups is 2. The van der Waals surface area contributed by atoms with E-state index < -0.39 is 18.2 Å². The van der Waals surface area contributed by atoms with Crippen LogP contribution in [0.25, 0.3) is 0 Å². The van der Waals surface area contributed by atoms with Gasteiger partial charge in [0, 0.05) is 0 Å². The second kappa shape index (κ2) is 5.18. The maximum absolute atomic E-state index is 10.6. The summed E-state index contributed by atoms with van der Waals surface area (Å²) in [4.78, 5) is 18.2. The molecule has 0 aromatic rings. The number of aliphatic carboxylic acids is 1. The molecule has 0 aliphatic heterocycles. The van der Waals surface area contributed by atoms with Crippen molar-refractivity contribution in [2.75, 3.05) is 0 Å². The first-order chi connectivity index (χ1) is 5.21. The minimum Gasteiger partial charge on any atom is -0.475 e. The number of carbonyl (C=O) groups excluding carboxylic acids is 1. The standard InChI is InChI=1S/C2HF3O2.CH5N3O/c3-2(4,5)1(6)7;2-1(5)4-3/h(H,6,7);3H2,(H3,2,4,5). The third-order valence-electron chi connectivity index (χ3n) is 0.385. The van der Waals surface area contributed by atoms with Crippen LogP contribution >= 0.6 is 0 Å². The summed E-state index contributed by atoms with van der Waals surface area (Å²) < 4.78 is 31.7. The second-order valence-corrected chi connectivity index (χ2v) is 1.31. The third-order valence-corrected chi connectivity index (χ3v) is 0.385. The van der Waals surface area contributed by atoms with Gasteiger partial charge in [0.15, 0.2) is 0 Å². The van der Waals surface area contributed by atoms with E-state index >= 15 is 0 Å². The number of urea groups is 1. The van der Waals surface area contributed by atoms with Crippen LogP contribution in [-0.4, -0.2) is 23.3 Å². The zero-order valence-electron chi connectivity index (χ0n) is 5.55. The summed E-state index contributed by atoms with van der Waals surface area (Å²) in [5.41, 5.74) is 6.08. The molecule has 6 N–H and O–H groups in total. The van der Waals surface area contributed by atoms with Gasteiger partial charge in [-0.15, -0.1) is 0 Å². The Hall–Kier alpha value is -1.51. The number of carboxylic acid groups (broad SMARTS) is 1. The minimum absolute atomic E-state index is 0.718. The fourth-order valence-electron chi connectivity index (χ4n) is 0. The van der Waals surface area contributed by atoms with Crippen molar-refractivity contribution in [1.29, 1.82) is 0 Å². The summed E-state index contributed by atoms with van der Waals surface area (Å²) in [6.45, 7) is 0. The lowest BCUT2D eigenvalue weighted by Crippen LogP contribution is -2.34. The molecule has 0 rings (SSSR count). The van der Waals surface area contributed by atoms with Gasteiger partial charge in [-0.25, -0.2) is 15.4 Å². The summed E-state index contributed by atoms with van der Waals surface area (Å²) >= 11 is 0. The Morgan fingerprint density at radius 3 is 1.50 bits per heavy atom. The van der Waals surface area contributed by atoms with E-state index in [4.69, 9.17) is 9.90 Å². The fourth-order valence-corrected chi connectivity index (χ4v) is 0. The van der Waals surface area contributed by atoms with Crippen LogP contribution in [0.1, 0.15) is 0 Å². The monoisotopic (exact) mass is 189 g/mol. The van der Waals surface area contributed by atoms with Crippen molar-refractivity contribution in [3.05, 3.63) is 0 Å². The van der Waals surface area contributed by atoms with Crippen LogP contribution in [0.2, 0.25) is 0 Å². The molecule has 9 heteroatoms. The van der Waals surface area contributed by atoms with Crippen LogP contribution in [-0.2, 0) is 4.79 Å². The Labute approximate surface area is 64.3 Å². The van der Waals surface area contributed by atoms with Gasteiger partial charge in [0.2, 0.25) is 0 Å².